The summed E-state index contributed by atoms with van der Waals surface area (Å²) in [6.07, 6.45) is 1.93. The summed E-state index contributed by atoms with van der Waals surface area (Å²) in [7, 11) is 1.58. The maximum Gasteiger partial charge on any atom is 0.259 e. The van der Waals surface area contributed by atoms with Gasteiger partial charge in [0, 0.05) is 41.3 Å². The Bertz CT molecular complexity index is 1320. The van der Waals surface area contributed by atoms with Crippen LogP contribution in [0, 0.1) is 0 Å². The van der Waals surface area contributed by atoms with Gasteiger partial charge in [-0.2, -0.15) is 0 Å². The van der Waals surface area contributed by atoms with Crippen LogP contribution in [0.3, 0.4) is 0 Å². The zero-order valence-corrected chi connectivity index (χ0v) is 17.7. The third-order valence-corrected chi connectivity index (χ3v) is 6.30. The summed E-state index contributed by atoms with van der Waals surface area (Å²) in [6, 6.07) is 9.74. The second-order valence-corrected chi connectivity index (χ2v) is 8.08. The van der Waals surface area contributed by atoms with E-state index in [-0.39, 0.29) is 18.4 Å². The summed E-state index contributed by atoms with van der Waals surface area (Å²) in [6.45, 7) is 2.51. The summed E-state index contributed by atoms with van der Waals surface area (Å²) in [5.74, 6) is 0.698. The van der Waals surface area contributed by atoms with Gasteiger partial charge in [0.1, 0.15) is 13.2 Å². The van der Waals surface area contributed by atoms with Gasteiger partial charge in [-0.1, -0.05) is 6.07 Å². The Hall–Kier alpha value is -3.94. The van der Waals surface area contributed by atoms with Gasteiger partial charge in [-0.05, 0) is 35.4 Å². The molecule has 0 fully saturated rings. The molecular formula is C24H21N3O5. The first-order valence-electron chi connectivity index (χ1n) is 10.5. The standard InChI is InChI=1S/C24H21N3O5/c1-12(28)27-11-17-22(24(27)29)20(14-10-25-15-4-3-5-16(26-17)21(14)15)13-8-18(30-2)23-19(9-13)31-6-7-32-23/h3-5,8-10,20,25-26H,6-7,11H2,1-2H3. The molecule has 0 spiro atoms. The van der Waals surface area contributed by atoms with E-state index in [1.54, 1.807) is 7.11 Å². The highest BCUT2D eigenvalue weighted by molar-refractivity contribution is 6.11. The molecule has 0 saturated carbocycles. The van der Waals surface area contributed by atoms with Crippen molar-refractivity contribution in [3.63, 3.8) is 0 Å². The molecule has 2 aromatic carbocycles. The Morgan fingerprint density at radius 1 is 1.22 bits per heavy atom. The van der Waals surface area contributed by atoms with Crippen molar-refractivity contribution in [3.05, 3.63) is 58.9 Å². The maximum atomic E-state index is 13.5. The lowest BCUT2D eigenvalue weighted by Gasteiger charge is -2.24. The molecule has 0 bridgehead atoms. The first-order valence-corrected chi connectivity index (χ1v) is 10.5. The number of amides is 2. The number of methoxy groups -OCH3 is 1. The molecule has 32 heavy (non-hydrogen) atoms. The number of fused-ring (bicyclic) bond motifs is 1. The Balaban J connectivity index is 1.62. The zero-order chi connectivity index (χ0) is 22.0. The van der Waals surface area contributed by atoms with E-state index in [1.807, 2.05) is 36.5 Å². The van der Waals surface area contributed by atoms with Crippen molar-refractivity contribution in [2.75, 3.05) is 32.2 Å². The van der Waals surface area contributed by atoms with Gasteiger partial charge in [0.2, 0.25) is 11.7 Å². The molecule has 4 heterocycles. The molecular weight excluding hydrogens is 410 g/mol. The van der Waals surface area contributed by atoms with Crippen LogP contribution in [0.15, 0.2) is 47.8 Å². The van der Waals surface area contributed by atoms with Crippen LogP contribution in [0.1, 0.15) is 24.0 Å². The molecule has 2 amide bonds. The van der Waals surface area contributed by atoms with Gasteiger partial charge in [0.15, 0.2) is 11.5 Å². The van der Waals surface area contributed by atoms with Gasteiger partial charge in [-0.25, -0.2) is 0 Å². The molecule has 3 aliphatic rings. The summed E-state index contributed by atoms with van der Waals surface area (Å²) >= 11 is 0. The predicted molar refractivity (Wildman–Crippen MR) is 117 cm³/mol. The van der Waals surface area contributed by atoms with E-state index >= 15 is 0 Å². The number of benzene rings is 2. The van der Waals surface area contributed by atoms with Gasteiger partial charge in [0.25, 0.3) is 5.91 Å². The summed E-state index contributed by atoms with van der Waals surface area (Å²) in [4.78, 5) is 30.3. The Kier molecular flexibility index (Phi) is 3.98. The summed E-state index contributed by atoms with van der Waals surface area (Å²) < 4.78 is 17.2. The number of H-pyrrole nitrogens is 1. The molecule has 3 aromatic rings. The van der Waals surface area contributed by atoms with Crippen LogP contribution in [0.4, 0.5) is 5.69 Å². The quantitative estimate of drug-likeness (QED) is 0.648. The number of carbonyl (C=O) groups excluding carboxylic acids is 2. The van der Waals surface area contributed by atoms with E-state index in [1.165, 1.54) is 11.8 Å². The number of rotatable bonds is 2. The largest absolute Gasteiger partial charge is 0.493 e. The lowest BCUT2D eigenvalue weighted by Crippen LogP contribution is -2.33. The molecule has 8 nitrogen and oxygen atoms in total. The van der Waals surface area contributed by atoms with Crippen molar-refractivity contribution in [3.8, 4) is 17.2 Å². The second kappa shape index (κ2) is 6.78. The van der Waals surface area contributed by atoms with E-state index in [4.69, 9.17) is 14.2 Å². The fraction of sp³-hybridized carbons (Fsp3) is 0.250. The first kappa shape index (κ1) is 18.8. The molecule has 162 valence electrons. The number of anilines is 1. The monoisotopic (exact) mass is 431 g/mol. The SMILES string of the molecule is COc1cc(C2C3=C(CN(C(C)=O)C3=O)Nc3cccc4[nH]cc2c34)cc2c1OCCO2. The molecule has 0 aliphatic carbocycles. The summed E-state index contributed by atoms with van der Waals surface area (Å²) in [5.41, 5.74) is 4.93. The average Bonchev–Trinajstić information content (AvgIpc) is 3.32. The second-order valence-electron chi connectivity index (χ2n) is 8.08. The van der Waals surface area contributed by atoms with E-state index in [9.17, 15) is 9.59 Å². The summed E-state index contributed by atoms with van der Waals surface area (Å²) in [5, 5.41) is 4.45. The number of imide groups is 1. The van der Waals surface area contributed by atoms with Gasteiger partial charge >= 0.3 is 0 Å². The van der Waals surface area contributed by atoms with E-state index < -0.39 is 5.92 Å². The van der Waals surface area contributed by atoms with Crippen LogP contribution in [-0.2, 0) is 9.59 Å². The van der Waals surface area contributed by atoms with Crippen molar-refractivity contribution in [2.45, 2.75) is 12.8 Å². The van der Waals surface area contributed by atoms with E-state index in [0.29, 0.717) is 36.0 Å². The van der Waals surface area contributed by atoms with Crippen LogP contribution in [0.2, 0.25) is 0 Å². The predicted octanol–water partition coefficient (Wildman–Crippen LogP) is 3.15. The minimum Gasteiger partial charge on any atom is -0.493 e. The van der Waals surface area contributed by atoms with Crippen molar-refractivity contribution >= 4 is 28.4 Å². The van der Waals surface area contributed by atoms with E-state index in [0.717, 1.165) is 33.4 Å². The number of nitrogens with zero attached hydrogens (tertiary/aromatic N) is 1. The number of aromatic amines is 1. The molecule has 2 N–H and O–H groups in total. The molecule has 1 aromatic heterocycles. The highest BCUT2D eigenvalue weighted by Gasteiger charge is 2.42. The minimum atomic E-state index is -0.420. The fourth-order valence-corrected chi connectivity index (χ4v) is 4.92. The first-order chi connectivity index (χ1) is 15.6. The lowest BCUT2D eigenvalue weighted by atomic mass is 9.84. The third kappa shape index (κ3) is 2.55. The highest BCUT2D eigenvalue weighted by Crippen LogP contribution is 2.49. The van der Waals surface area contributed by atoms with Crippen molar-refractivity contribution in [1.29, 1.82) is 0 Å². The van der Waals surface area contributed by atoms with Crippen molar-refractivity contribution < 1.29 is 23.8 Å². The average molecular weight is 431 g/mol. The number of ether oxygens (including phenoxy) is 3. The molecule has 8 heteroatoms. The Labute approximate surface area is 183 Å². The fourth-order valence-electron chi connectivity index (χ4n) is 4.92. The lowest BCUT2D eigenvalue weighted by molar-refractivity contribution is -0.139. The number of aromatic nitrogens is 1. The molecule has 0 saturated heterocycles. The van der Waals surface area contributed by atoms with Crippen LogP contribution >= 0.6 is 0 Å². The van der Waals surface area contributed by atoms with Crippen LogP contribution < -0.4 is 19.5 Å². The van der Waals surface area contributed by atoms with Crippen molar-refractivity contribution in [1.82, 2.24) is 9.88 Å². The topological polar surface area (TPSA) is 92.9 Å². The molecule has 1 unspecified atom stereocenters. The van der Waals surface area contributed by atoms with Crippen LogP contribution in [0.25, 0.3) is 10.9 Å². The van der Waals surface area contributed by atoms with E-state index in [2.05, 4.69) is 10.3 Å². The Morgan fingerprint density at radius 2 is 2.06 bits per heavy atom. The maximum absolute atomic E-state index is 13.5. The third-order valence-electron chi connectivity index (χ3n) is 6.30. The zero-order valence-electron chi connectivity index (χ0n) is 17.7. The molecule has 0 radical (unpaired) electrons. The molecule has 6 rings (SSSR count). The Morgan fingerprint density at radius 3 is 2.88 bits per heavy atom. The minimum absolute atomic E-state index is 0.214. The number of hydrogen-bond donors (Lipinski definition) is 2. The normalized spacial score (nSPS) is 19.0. The van der Waals surface area contributed by atoms with Gasteiger partial charge < -0.3 is 24.5 Å². The molecule has 1 atom stereocenters. The van der Waals surface area contributed by atoms with Gasteiger partial charge in [0.05, 0.1) is 19.2 Å². The molecule has 3 aliphatic heterocycles. The number of nitrogens with one attached hydrogen (secondary N) is 2. The van der Waals surface area contributed by atoms with Gasteiger partial charge in [-0.15, -0.1) is 0 Å². The smallest absolute Gasteiger partial charge is 0.259 e. The van der Waals surface area contributed by atoms with Crippen LogP contribution in [-0.4, -0.2) is 48.6 Å². The van der Waals surface area contributed by atoms with Crippen molar-refractivity contribution in [2.24, 2.45) is 0 Å². The number of hydrogen-bond acceptors (Lipinski definition) is 6. The number of carbonyl (C=O) groups is 2. The highest BCUT2D eigenvalue weighted by atomic mass is 16.6. The van der Waals surface area contributed by atoms with Gasteiger partial charge in [-0.3, -0.25) is 14.5 Å². The van der Waals surface area contributed by atoms with Crippen LogP contribution in [0.5, 0.6) is 17.2 Å².